The summed E-state index contributed by atoms with van der Waals surface area (Å²) in [7, 11) is 0. The molecular weight excluding hydrogens is 741 g/mol. The van der Waals surface area contributed by atoms with E-state index in [-0.39, 0.29) is 0 Å². The topological polar surface area (TPSA) is 55.1 Å². The molecule has 0 amide bonds. The molecule has 9 aromatic carbocycles. The zero-order valence-corrected chi connectivity index (χ0v) is 32.2. The average molecular weight is 771 g/mol. The number of aromatic nitrogens is 3. The van der Waals surface area contributed by atoms with Crippen LogP contribution in [0.15, 0.2) is 186 Å². The number of rotatable bonds is 4. The van der Waals surface area contributed by atoms with E-state index in [4.69, 9.17) is 19.4 Å². The molecule has 59 heavy (non-hydrogen) atoms. The van der Waals surface area contributed by atoms with Crippen LogP contribution < -0.4 is 4.90 Å². The zero-order valence-electron chi connectivity index (χ0n) is 31.4. The van der Waals surface area contributed by atoms with E-state index in [9.17, 15) is 0 Å². The molecule has 4 heterocycles. The lowest BCUT2D eigenvalue weighted by molar-refractivity contribution is 0.669. The lowest BCUT2D eigenvalue weighted by Gasteiger charge is -2.34. The van der Waals surface area contributed by atoms with Gasteiger partial charge in [0.05, 0.1) is 11.4 Å². The maximum absolute atomic E-state index is 6.18. The Morgan fingerprint density at radius 2 is 1.03 bits per heavy atom. The van der Waals surface area contributed by atoms with Gasteiger partial charge in [0.15, 0.2) is 17.5 Å². The van der Waals surface area contributed by atoms with Gasteiger partial charge < -0.3 is 9.32 Å². The van der Waals surface area contributed by atoms with E-state index in [2.05, 4.69) is 157 Å². The van der Waals surface area contributed by atoms with E-state index in [1.165, 1.54) is 52.8 Å². The van der Waals surface area contributed by atoms with Crippen LogP contribution in [0, 0.1) is 0 Å². The van der Waals surface area contributed by atoms with Gasteiger partial charge in [0.2, 0.25) is 0 Å². The molecule has 6 heteroatoms. The van der Waals surface area contributed by atoms with Crippen molar-refractivity contribution in [1.29, 1.82) is 0 Å². The molecule has 0 aliphatic carbocycles. The Hall–Kier alpha value is -7.67. The first kappa shape index (κ1) is 32.4. The quantitative estimate of drug-likeness (QED) is 0.178. The summed E-state index contributed by atoms with van der Waals surface area (Å²) in [4.78, 5) is 17.9. The highest BCUT2D eigenvalue weighted by Gasteiger charge is 2.27. The number of furan rings is 1. The van der Waals surface area contributed by atoms with E-state index in [1.807, 2.05) is 30.3 Å². The SMILES string of the molecule is c1ccc2c3c(ccc2c1)N(c1ccc(-c2nc(-c4ccc5oc6ccccc6c5c4)nc(-c4ccc5sc6ccccc6c5c4)n2)cc1)c1cccc2cccc-3c12. The normalized spacial score (nSPS) is 12.4. The molecule has 0 saturated heterocycles. The summed E-state index contributed by atoms with van der Waals surface area (Å²) in [6, 6.07) is 64.5. The number of para-hydroxylation sites is 1. The van der Waals surface area contributed by atoms with Crippen molar-refractivity contribution in [3.8, 4) is 45.3 Å². The number of anilines is 3. The molecule has 0 fully saturated rings. The molecule has 0 unspecified atom stereocenters. The number of hydrogen-bond acceptors (Lipinski definition) is 6. The molecule has 5 nitrogen and oxygen atoms in total. The predicted octanol–water partition coefficient (Wildman–Crippen LogP) is 14.9. The molecule has 0 bridgehead atoms. The molecule has 13 rings (SSSR count). The van der Waals surface area contributed by atoms with Gasteiger partial charge in [-0.15, -0.1) is 11.3 Å². The fourth-order valence-electron chi connectivity index (χ4n) is 9.11. The van der Waals surface area contributed by atoms with Crippen LogP contribution in [0.25, 0.3) is 109 Å². The van der Waals surface area contributed by atoms with E-state index >= 15 is 0 Å². The van der Waals surface area contributed by atoms with Crippen LogP contribution in [0.2, 0.25) is 0 Å². The summed E-state index contributed by atoms with van der Waals surface area (Å²) in [6.45, 7) is 0. The van der Waals surface area contributed by atoms with Crippen molar-refractivity contribution in [2.24, 2.45) is 0 Å². The Morgan fingerprint density at radius 1 is 0.407 bits per heavy atom. The van der Waals surface area contributed by atoms with Gasteiger partial charge in [-0.3, -0.25) is 0 Å². The van der Waals surface area contributed by atoms with Gasteiger partial charge in [0, 0.05) is 64.3 Å². The van der Waals surface area contributed by atoms with Gasteiger partial charge in [0.25, 0.3) is 0 Å². The van der Waals surface area contributed by atoms with Gasteiger partial charge >= 0.3 is 0 Å². The standard InChI is InChI=1S/C53H30N4OS/c1-2-12-37-31(9-1)21-26-44-50(37)40-15-7-10-32-11-8-16-43(49(32)40)57(44)36-24-19-33(20-25-36)51-54-52(34-22-27-46-41(29-34)38-13-3-5-17-45(38)58-46)56-53(55-51)35-23-28-48-42(30-35)39-14-4-6-18-47(39)59-48/h1-30H. The summed E-state index contributed by atoms with van der Waals surface area (Å²) >= 11 is 1.81. The third kappa shape index (κ3) is 4.94. The van der Waals surface area contributed by atoms with Crippen molar-refractivity contribution < 1.29 is 4.42 Å². The van der Waals surface area contributed by atoms with Gasteiger partial charge in [-0.1, -0.05) is 97.1 Å². The second kappa shape index (κ2) is 12.4. The maximum Gasteiger partial charge on any atom is 0.164 e. The molecule has 0 N–H and O–H groups in total. The van der Waals surface area contributed by atoms with Crippen molar-refractivity contribution in [2.45, 2.75) is 0 Å². The van der Waals surface area contributed by atoms with Crippen molar-refractivity contribution in [3.05, 3.63) is 182 Å². The van der Waals surface area contributed by atoms with Crippen LogP contribution in [-0.4, -0.2) is 15.0 Å². The number of nitrogens with zero attached hydrogens (tertiary/aromatic N) is 4. The molecule has 0 spiro atoms. The minimum atomic E-state index is 0.608. The smallest absolute Gasteiger partial charge is 0.164 e. The first-order chi connectivity index (χ1) is 29.2. The Labute approximate surface area is 342 Å². The van der Waals surface area contributed by atoms with Crippen molar-refractivity contribution in [1.82, 2.24) is 15.0 Å². The molecule has 274 valence electrons. The second-order valence-electron chi connectivity index (χ2n) is 15.2. The number of benzene rings is 9. The van der Waals surface area contributed by atoms with Crippen molar-refractivity contribution in [2.75, 3.05) is 4.90 Å². The summed E-state index contributed by atoms with van der Waals surface area (Å²) in [5.74, 6) is 1.85. The fraction of sp³-hybridized carbons (Fsp3) is 0. The summed E-state index contributed by atoms with van der Waals surface area (Å²) in [5.41, 5.74) is 10.3. The predicted molar refractivity (Wildman–Crippen MR) is 245 cm³/mol. The molecule has 0 atom stereocenters. The lowest BCUT2D eigenvalue weighted by atomic mass is 9.87. The van der Waals surface area contributed by atoms with E-state index in [1.54, 1.807) is 11.3 Å². The highest BCUT2D eigenvalue weighted by atomic mass is 32.1. The van der Waals surface area contributed by atoms with E-state index in [0.29, 0.717) is 17.5 Å². The van der Waals surface area contributed by atoms with Gasteiger partial charge in [-0.25, -0.2) is 15.0 Å². The molecule has 1 aliphatic rings. The lowest BCUT2D eigenvalue weighted by Crippen LogP contribution is -2.15. The first-order valence-electron chi connectivity index (χ1n) is 19.8. The molecule has 3 aromatic heterocycles. The number of hydrogen-bond donors (Lipinski definition) is 0. The van der Waals surface area contributed by atoms with Crippen LogP contribution in [0.5, 0.6) is 0 Å². The van der Waals surface area contributed by atoms with Crippen molar-refractivity contribution in [3.63, 3.8) is 0 Å². The molecule has 12 aromatic rings. The Morgan fingerprint density at radius 3 is 1.88 bits per heavy atom. The van der Waals surface area contributed by atoms with Gasteiger partial charge in [-0.2, -0.15) is 0 Å². The van der Waals surface area contributed by atoms with E-state index in [0.717, 1.165) is 55.7 Å². The molecule has 1 aliphatic heterocycles. The molecule has 0 radical (unpaired) electrons. The largest absolute Gasteiger partial charge is 0.456 e. The summed E-state index contributed by atoms with van der Waals surface area (Å²) in [6.07, 6.45) is 0. The highest BCUT2D eigenvalue weighted by molar-refractivity contribution is 7.25. The Bertz CT molecular complexity index is 3560. The van der Waals surface area contributed by atoms with Crippen LogP contribution in [0.4, 0.5) is 17.1 Å². The van der Waals surface area contributed by atoms with Gasteiger partial charge in [-0.05, 0) is 107 Å². The van der Waals surface area contributed by atoms with Crippen LogP contribution >= 0.6 is 11.3 Å². The van der Waals surface area contributed by atoms with Crippen molar-refractivity contribution >= 4 is 92.1 Å². The Kier molecular flexibility index (Phi) is 6.82. The van der Waals surface area contributed by atoms with Crippen LogP contribution in [-0.2, 0) is 0 Å². The fourth-order valence-corrected chi connectivity index (χ4v) is 10.2. The van der Waals surface area contributed by atoms with Crippen LogP contribution in [0.3, 0.4) is 0 Å². The average Bonchev–Trinajstić information content (AvgIpc) is 3.87. The molecular formula is C53H30N4OS. The zero-order chi connectivity index (χ0) is 38.6. The first-order valence-corrected chi connectivity index (χ1v) is 20.6. The van der Waals surface area contributed by atoms with Gasteiger partial charge in [0.1, 0.15) is 11.2 Å². The highest BCUT2D eigenvalue weighted by Crippen LogP contribution is 2.53. The minimum absolute atomic E-state index is 0.608. The monoisotopic (exact) mass is 770 g/mol. The minimum Gasteiger partial charge on any atom is -0.456 e. The second-order valence-corrected chi connectivity index (χ2v) is 16.3. The number of fused-ring (bicyclic) bond motifs is 10. The third-order valence-corrected chi connectivity index (χ3v) is 13.0. The Balaban J connectivity index is 0.982. The summed E-state index contributed by atoms with van der Waals surface area (Å²) in [5, 5.41) is 9.49. The van der Waals surface area contributed by atoms with E-state index < -0.39 is 0 Å². The number of thiophene rings is 1. The third-order valence-electron chi connectivity index (χ3n) is 11.8. The summed E-state index contributed by atoms with van der Waals surface area (Å²) < 4.78 is 8.69. The maximum atomic E-state index is 6.18. The van der Waals surface area contributed by atoms with Crippen LogP contribution in [0.1, 0.15) is 0 Å². The molecule has 0 saturated carbocycles.